The van der Waals surface area contributed by atoms with Gasteiger partial charge in [0, 0.05) is 5.54 Å². The second kappa shape index (κ2) is 3.73. The van der Waals surface area contributed by atoms with Crippen LogP contribution in [0.25, 0.3) is 0 Å². The van der Waals surface area contributed by atoms with E-state index in [1.807, 2.05) is 0 Å². The predicted molar refractivity (Wildman–Crippen MR) is 72.7 cm³/mol. The lowest BCUT2D eigenvalue weighted by Crippen LogP contribution is -2.61. The fourth-order valence-corrected chi connectivity index (χ4v) is 5.87. The van der Waals surface area contributed by atoms with Crippen molar-refractivity contribution in [3.63, 3.8) is 0 Å². The second-order valence-corrected chi connectivity index (χ2v) is 8.21. The zero-order valence-electron chi connectivity index (χ0n) is 11.8. The van der Waals surface area contributed by atoms with Crippen LogP contribution in [-0.4, -0.2) is 5.54 Å². The van der Waals surface area contributed by atoms with Crippen LogP contribution in [0.3, 0.4) is 0 Å². The van der Waals surface area contributed by atoms with Crippen molar-refractivity contribution in [2.24, 2.45) is 34.8 Å². The van der Waals surface area contributed by atoms with E-state index in [1.54, 1.807) is 0 Å². The monoisotopic (exact) mass is 235 g/mol. The predicted octanol–water partition coefficient (Wildman–Crippen LogP) is 3.97. The topological polar surface area (TPSA) is 26.0 Å². The molecule has 4 fully saturated rings. The SMILES string of the molecule is CC(C)CC(C)(N)C12CC3CC(CC(C3)C1)C2. The highest BCUT2D eigenvalue weighted by molar-refractivity contribution is 5.10. The molecule has 2 N–H and O–H groups in total. The van der Waals surface area contributed by atoms with Gasteiger partial charge in [-0.2, -0.15) is 0 Å². The zero-order chi connectivity index (χ0) is 12.3. The lowest BCUT2D eigenvalue weighted by Gasteiger charge is -2.62. The summed E-state index contributed by atoms with van der Waals surface area (Å²) in [5.41, 5.74) is 7.40. The van der Waals surface area contributed by atoms with Crippen molar-refractivity contribution in [2.75, 3.05) is 0 Å². The molecule has 98 valence electrons. The van der Waals surface area contributed by atoms with E-state index in [-0.39, 0.29) is 5.54 Å². The van der Waals surface area contributed by atoms with Crippen LogP contribution in [-0.2, 0) is 0 Å². The van der Waals surface area contributed by atoms with Gasteiger partial charge >= 0.3 is 0 Å². The minimum absolute atomic E-state index is 0.0805. The van der Waals surface area contributed by atoms with Crippen LogP contribution in [0.5, 0.6) is 0 Å². The molecule has 0 aromatic carbocycles. The fraction of sp³-hybridized carbons (Fsp3) is 1.00. The Kier molecular flexibility index (Phi) is 2.63. The summed E-state index contributed by atoms with van der Waals surface area (Å²) in [4.78, 5) is 0. The van der Waals surface area contributed by atoms with E-state index in [1.165, 1.54) is 44.9 Å². The van der Waals surface area contributed by atoms with Crippen LogP contribution in [0, 0.1) is 29.1 Å². The maximum absolute atomic E-state index is 6.82. The highest BCUT2D eigenvalue weighted by Crippen LogP contribution is 2.63. The van der Waals surface area contributed by atoms with Gasteiger partial charge in [0.1, 0.15) is 0 Å². The van der Waals surface area contributed by atoms with Gasteiger partial charge < -0.3 is 5.73 Å². The largest absolute Gasteiger partial charge is 0.325 e. The average molecular weight is 235 g/mol. The molecule has 0 spiro atoms. The Balaban J connectivity index is 1.86. The van der Waals surface area contributed by atoms with Gasteiger partial charge in [-0.1, -0.05) is 13.8 Å². The van der Waals surface area contributed by atoms with Crippen LogP contribution < -0.4 is 5.73 Å². The molecule has 0 heterocycles. The molecule has 4 saturated carbocycles. The van der Waals surface area contributed by atoms with Crippen LogP contribution in [0.15, 0.2) is 0 Å². The average Bonchev–Trinajstić information content (AvgIpc) is 2.12. The molecular weight excluding hydrogens is 206 g/mol. The van der Waals surface area contributed by atoms with Gasteiger partial charge in [-0.05, 0) is 81.0 Å². The lowest BCUT2D eigenvalue weighted by molar-refractivity contribution is -0.0974. The van der Waals surface area contributed by atoms with Gasteiger partial charge in [-0.15, -0.1) is 0 Å². The van der Waals surface area contributed by atoms with E-state index in [0.717, 1.165) is 23.7 Å². The maximum atomic E-state index is 6.82. The second-order valence-electron chi connectivity index (χ2n) is 8.21. The van der Waals surface area contributed by atoms with Crippen molar-refractivity contribution in [1.82, 2.24) is 0 Å². The molecule has 4 aliphatic rings. The summed E-state index contributed by atoms with van der Waals surface area (Å²) in [6.45, 7) is 7.01. The van der Waals surface area contributed by atoms with E-state index in [0.29, 0.717) is 5.41 Å². The quantitative estimate of drug-likeness (QED) is 0.787. The number of hydrogen-bond donors (Lipinski definition) is 1. The number of hydrogen-bond acceptors (Lipinski definition) is 1. The van der Waals surface area contributed by atoms with Crippen molar-refractivity contribution < 1.29 is 0 Å². The Morgan fingerprint density at radius 1 is 1.06 bits per heavy atom. The van der Waals surface area contributed by atoms with Crippen LogP contribution in [0.1, 0.15) is 65.7 Å². The summed E-state index contributed by atoms with van der Waals surface area (Å²) in [6.07, 6.45) is 10.1. The molecular formula is C16H29N. The van der Waals surface area contributed by atoms with Crippen molar-refractivity contribution in [3.8, 4) is 0 Å². The van der Waals surface area contributed by atoms with E-state index >= 15 is 0 Å². The third-order valence-corrected chi connectivity index (χ3v) is 6.08. The summed E-state index contributed by atoms with van der Waals surface area (Å²) in [5, 5.41) is 0. The summed E-state index contributed by atoms with van der Waals surface area (Å²) >= 11 is 0. The van der Waals surface area contributed by atoms with E-state index in [9.17, 15) is 0 Å². The Morgan fingerprint density at radius 3 is 1.82 bits per heavy atom. The molecule has 0 aromatic rings. The van der Waals surface area contributed by atoms with E-state index in [4.69, 9.17) is 5.73 Å². The van der Waals surface area contributed by atoms with Crippen LogP contribution in [0.4, 0.5) is 0 Å². The molecule has 1 heteroatoms. The molecule has 0 saturated heterocycles. The molecule has 0 aliphatic heterocycles. The van der Waals surface area contributed by atoms with Gasteiger partial charge in [-0.25, -0.2) is 0 Å². The van der Waals surface area contributed by atoms with Crippen molar-refractivity contribution in [2.45, 2.75) is 71.3 Å². The summed E-state index contributed by atoms with van der Waals surface area (Å²) in [5.74, 6) is 3.81. The number of nitrogens with two attached hydrogens (primary N) is 1. The fourth-order valence-electron chi connectivity index (χ4n) is 5.87. The van der Waals surface area contributed by atoms with Gasteiger partial charge in [-0.3, -0.25) is 0 Å². The standard InChI is InChI=1S/C16H29N/c1-11(2)7-15(3,17)16-8-12-4-13(9-16)6-14(5-12)10-16/h11-14H,4-10,17H2,1-3H3. The molecule has 17 heavy (non-hydrogen) atoms. The van der Waals surface area contributed by atoms with Gasteiger partial charge in [0.2, 0.25) is 0 Å². The molecule has 4 bridgehead atoms. The smallest absolute Gasteiger partial charge is 0.0185 e. The van der Waals surface area contributed by atoms with E-state index < -0.39 is 0 Å². The minimum Gasteiger partial charge on any atom is -0.325 e. The van der Waals surface area contributed by atoms with E-state index in [2.05, 4.69) is 20.8 Å². The highest BCUT2D eigenvalue weighted by Gasteiger charge is 2.57. The van der Waals surface area contributed by atoms with Gasteiger partial charge in [0.25, 0.3) is 0 Å². The Hall–Kier alpha value is -0.0400. The summed E-state index contributed by atoms with van der Waals surface area (Å²) in [6, 6.07) is 0. The van der Waals surface area contributed by atoms with Gasteiger partial charge in [0.15, 0.2) is 0 Å². The first-order valence-corrected chi connectivity index (χ1v) is 7.69. The molecule has 4 aliphatic carbocycles. The first-order valence-electron chi connectivity index (χ1n) is 7.69. The zero-order valence-corrected chi connectivity index (χ0v) is 11.8. The van der Waals surface area contributed by atoms with Crippen molar-refractivity contribution >= 4 is 0 Å². The van der Waals surface area contributed by atoms with Gasteiger partial charge in [0.05, 0.1) is 0 Å². The minimum atomic E-state index is 0.0805. The van der Waals surface area contributed by atoms with Crippen LogP contribution >= 0.6 is 0 Å². The molecule has 1 nitrogen and oxygen atoms in total. The van der Waals surface area contributed by atoms with Crippen molar-refractivity contribution in [3.05, 3.63) is 0 Å². The Labute approximate surface area is 107 Å². The molecule has 0 aromatic heterocycles. The summed E-state index contributed by atoms with van der Waals surface area (Å²) < 4.78 is 0. The molecule has 0 amide bonds. The third-order valence-electron chi connectivity index (χ3n) is 6.08. The first kappa shape index (κ1) is 12.0. The first-order chi connectivity index (χ1) is 7.90. The molecule has 1 atom stereocenters. The Morgan fingerprint density at radius 2 is 1.47 bits per heavy atom. The third kappa shape index (κ3) is 1.85. The molecule has 0 radical (unpaired) electrons. The molecule has 4 rings (SSSR count). The maximum Gasteiger partial charge on any atom is 0.0185 e. The highest BCUT2D eigenvalue weighted by atomic mass is 14.8. The molecule has 1 unspecified atom stereocenters. The Bertz CT molecular complexity index is 267. The lowest BCUT2D eigenvalue weighted by atomic mass is 9.44. The summed E-state index contributed by atoms with van der Waals surface area (Å²) in [7, 11) is 0. The van der Waals surface area contributed by atoms with Crippen molar-refractivity contribution in [1.29, 1.82) is 0 Å². The number of rotatable bonds is 3. The normalized spacial score (nSPS) is 47.5. The van der Waals surface area contributed by atoms with Crippen LogP contribution in [0.2, 0.25) is 0 Å².